The third-order valence-electron chi connectivity index (χ3n) is 3.06. The van der Waals surface area contributed by atoms with E-state index in [1.54, 1.807) is 48.5 Å². The van der Waals surface area contributed by atoms with Gasteiger partial charge in [0, 0.05) is 0 Å². The van der Waals surface area contributed by atoms with Crippen LogP contribution in [0, 0.1) is 0 Å². The maximum atomic E-state index is 13.2. The van der Waals surface area contributed by atoms with Crippen molar-refractivity contribution in [3.8, 4) is 5.69 Å². The van der Waals surface area contributed by atoms with Crippen LogP contribution >= 0.6 is 11.6 Å². The van der Waals surface area contributed by atoms with Gasteiger partial charge in [0.05, 0.1) is 21.6 Å². The van der Waals surface area contributed by atoms with Crippen molar-refractivity contribution in [2.24, 2.45) is 0 Å². The predicted molar refractivity (Wildman–Crippen MR) is 77.2 cm³/mol. The molecule has 5 heteroatoms. The van der Waals surface area contributed by atoms with Gasteiger partial charge in [0.25, 0.3) is 5.56 Å². The Bertz CT molecular complexity index is 845. The molecule has 0 N–H and O–H groups in total. The topological polar surface area (TPSA) is 34.9 Å². The van der Waals surface area contributed by atoms with Gasteiger partial charge in [-0.3, -0.25) is 9.36 Å². The number of benzene rings is 2. The third kappa shape index (κ3) is 1.98. The SMILES string of the molecule is O=c1c2ccccc2nc(CF)n1-c1ccccc1Cl. The van der Waals surface area contributed by atoms with Gasteiger partial charge in [-0.25, -0.2) is 9.37 Å². The molecule has 0 radical (unpaired) electrons. The lowest BCUT2D eigenvalue weighted by Crippen LogP contribution is -2.23. The zero-order chi connectivity index (χ0) is 14.1. The number of para-hydroxylation sites is 2. The van der Waals surface area contributed by atoms with Crippen molar-refractivity contribution in [2.75, 3.05) is 0 Å². The van der Waals surface area contributed by atoms with Crippen molar-refractivity contribution in [3.63, 3.8) is 0 Å². The second-order valence-electron chi connectivity index (χ2n) is 4.27. The maximum Gasteiger partial charge on any atom is 0.266 e. The largest absolute Gasteiger partial charge is 0.268 e. The molecule has 0 saturated heterocycles. The van der Waals surface area contributed by atoms with E-state index in [9.17, 15) is 9.18 Å². The molecule has 0 aliphatic carbocycles. The predicted octanol–water partition coefficient (Wildman–Crippen LogP) is 3.51. The van der Waals surface area contributed by atoms with E-state index in [1.807, 2.05) is 0 Å². The first-order valence-electron chi connectivity index (χ1n) is 6.04. The Morgan fingerprint density at radius 3 is 2.55 bits per heavy atom. The van der Waals surface area contributed by atoms with Crippen molar-refractivity contribution < 1.29 is 4.39 Å². The van der Waals surface area contributed by atoms with Crippen LogP contribution in [-0.2, 0) is 6.67 Å². The molecular formula is C15H10ClFN2O. The Kier molecular flexibility index (Phi) is 3.24. The van der Waals surface area contributed by atoms with Crippen LogP contribution in [0.1, 0.15) is 5.82 Å². The Morgan fingerprint density at radius 2 is 1.80 bits per heavy atom. The summed E-state index contributed by atoms with van der Waals surface area (Å²) in [5.41, 5.74) is 0.592. The molecule has 100 valence electrons. The smallest absolute Gasteiger partial charge is 0.266 e. The van der Waals surface area contributed by atoms with E-state index in [4.69, 9.17) is 11.6 Å². The van der Waals surface area contributed by atoms with E-state index in [1.165, 1.54) is 4.57 Å². The van der Waals surface area contributed by atoms with E-state index < -0.39 is 6.67 Å². The van der Waals surface area contributed by atoms with Gasteiger partial charge >= 0.3 is 0 Å². The van der Waals surface area contributed by atoms with Crippen LogP contribution in [0.4, 0.5) is 4.39 Å². The van der Waals surface area contributed by atoms with Crippen molar-refractivity contribution in [3.05, 3.63) is 69.7 Å². The molecular weight excluding hydrogens is 279 g/mol. The molecule has 0 amide bonds. The zero-order valence-electron chi connectivity index (χ0n) is 10.4. The van der Waals surface area contributed by atoms with Crippen LogP contribution in [-0.4, -0.2) is 9.55 Å². The minimum absolute atomic E-state index is 0.0433. The van der Waals surface area contributed by atoms with Gasteiger partial charge in [0.15, 0.2) is 0 Å². The number of nitrogens with zero attached hydrogens (tertiary/aromatic N) is 2. The van der Waals surface area contributed by atoms with Gasteiger partial charge in [-0.15, -0.1) is 0 Å². The molecule has 0 spiro atoms. The minimum atomic E-state index is -0.842. The third-order valence-corrected chi connectivity index (χ3v) is 3.38. The van der Waals surface area contributed by atoms with E-state index in [-0.39, 0.29) is 11.4 Å². The molecule has 3 nitrogen and oxygen atoms in total. The normalized spacial score (nSPS) is 10.9. The lowest BCUT2D eigenvalue weighted by molar-refractivity contribution is 0.457. The van der Waals surface area contributed by atoms with E-state index in [0.29, 0.717) is 21.6 Å². The molecule has 0 aliphatic heterocycles. The van der Waals surface area contributed by atoms with Crippen LogP contribution in [0.25, 0.3) is 16.6 Å². The van der Waals surface area contributed by atoms with Crippen molar-refractivity contribution in [2.45, 2.75) is 6.67 Å². The minimum Gasteiger partial charge on any atom is -0.268 e. The Balaban J connectivity index is 2.43. The van der Waals surface area contributed by atoms with Crippen LogP contribution in [0.2, 0.25) is 5.02 Å². The summed E-state index contributed by atoms with van der Waals surface area (Å²) in [7, 11) is 0. The molecule has 0 bridgehead atoms. The number of hydrogen-bond acceptors (Lipinski definition) is 2. The highest BCUT2D eigenvalue weighted by atomic mass is 35.5. The number of aromatic nitrogens is 2. The fourth-order valence-electron chi connectivity index (χ4n) is 2.15. The van der Waals surface area contributed by atoms with Gasteiger partial charge in [-0.2, -0.15) is 0 Å². The summed E-state index contributed by atoms with van der Waals surface area (Å²) in [5, 5.41) is 0.811. The number of alkyl halides is 1. The highest BCUT2D eigenvalue weighted by Crippen LogP contribution is 2.21. The lowest BCUT2D eigenvalue weighted by Gasteiger charge is -2.12. The van der Waals surface area contributed by atoms with Gasteiger partial charge in [-0.1, -0.05) is 35.9 Å². The fourth-order valence-corrected chi connectivity index (χ4v) is 2.37. The molecule has 3 aromatic rings. The highest BCUT2D eigenvalue weighted by molar-refractivity contribution is 6.32. The molecule has 3 rings (SSSR count). The summed E-state index contributed by atoms with van der Waals surface area (Å²) < 4.78 is 14.5. The van der Waals surface area contributed by atoms with Gasteiger partial charge in [0.2, 0.25) is 0 Å². The highest BCUT2D eigenvalue weighted by Gasteiger charge is 2.14. The number of fused-ring (bicyclic) bond motifs is 1. The molecule has 20 heavy (non-hydrogen) atoms. The monoisotopic (exact) mass is 288 g/mol. The second kappa shape index (κ2) is 5.06. The van der Waals surface area contributed by atoms with Gasteiger partial charge in [0.1, 0.15) is 12.5 Å². The van der Waals surface area contributed by atoms with Crippen molar-refractivity contribution >= 4 is 22.5 Å². The summed E-state index contributed by atoms with van der Waals surface area (Å²) in [6, 6.07) is 13.7. The molecule has 0 fully saturated rings. The average Bonchev–Trinajstić information content (AvgIpc) is 2.48. The average molecular weight is 289 g/mol. The van der Waals surface area contributed by atoms with Gasteiger partial charge < -0.3 is 0 Å². The van der Waals surface area contributed by atoms with E-state index in [2.05, 4.69) is 4.98 Å². The van der Waals surface area contributed by atoms with Gasteiger partial charge in [-0.05, 0) is 24.3 Å². The fraction of sp³-hybridized carbons (Fsp3) is 0.0667. The van der Waals surface area contributed by atoms with Crippen LogP contribution < -0.4 is 5.56 Å². The number of halogens is 2. The Morgan fingerprint density at radius 1 is 1.10 bits per heavy atom. The molecule has 1 aromatic heterocycles. The number of rotatable bonds is 2. The van der Waals surface area contributed by atoms with E-state index in [0.717, 1.165) is 0 Å². The summed E-state index contributed by atoms with van der Waals surface area (Å²) in [6.45, 7) is -0.842. The molecule has 0 atom stereocenters. The lowest BCUT2D eigenvalue weighted by atomic mass is 10.2. The number of hydrogen-bond donors (Lipinski definition) is 0. The quantitative estimate of drug-likeness (QED) is 0.723. The molecule has 0 unspecified atom stereocenters. The summed E-state index contributed by atoms with van der Waals surface area (Å²) in [6.07, 6.45) is 0. The summed E-state index contributed by atoms with van der Waals surface area (Å²) >= 11 is 6.10. The maximum absolute atomic E-state index is 13.2. The molecule has 2 aromatic carbocycles. The van der Waals surface area contributed by atoms with Crippen LogP contribution in [0.5, 0.6) is 0 Å². The molecule has 1 heterocycles. The standard InChI is InChI=1S/C15H10ClFN2O/c16-11-6-2-4-8-13(11)19-14(9-17)18-12-7-3-1-5-10(12)15(19)20/h1-8H,9H2. The Labute approximate surface area is 119 Å². The second-order valence-corrected chi connectivity index (χ2v) is 4.68. The first-order valence-corrected chi connectivity index (χ1v) is 6.41. The summed E-state index contributed by atoms with van der Waals surface area (Å²) in [5.74, 6) is 0.0433. The van der Waals surface area contributed by atoms with Crippen LogP contribution in [0.15, 0.2) is 53.3 Å². The summed E-state index contributed by atoms with van der Waals surface area (Å²) in [4.78, 5) is 16.8. The van der Waals surface area contributed by atoms with Crippen molar-refractivity contribution in [1.82, 2.24) is 9.55 Å². The molecule has 0 saturated carbocycles. The van der Waals surface area contributed by atoms with Crippen LogP contribution in [0.3, 0.4) is 0 Å². The first-order chi connectivity index (χ1) is 9.72. The van der Waals surface area contributed by atoms with E-state index >= 15 is 0 Å². The first kappa shape index (κ1) is 12.8. The molecule has 0 aliphatic rings. The Hall–Kier alpha value is -2.20. The van der Waals surface area contributed by atoms with Crippen molar-refractivity contribution in [1.29, 1.82) is 0 Å². The zero-order valence-corrected chi connectivity index (χ0v) is 11.1.